The number of nitrogens with one attached hydrogen (secondary N) is 1. The van der Waals surface area contributed by atoms with E-state index < -0.39 is 0 Å². The first-order valence-electron chi connectivity index (χ1n) is 9.09. The van der Waals surface area contributed by atoms with E-state index in [1.807, 2.05) is 36.1 Å². The summed E-state index contributed by atoms with van der Waals surface area (Å²) in [5.41, 5.74) is 2.38. The molecule has 1 aromatic heterocycles. The maximum absolute atomic E-state index is 12.7. The molecule has 26 heavy (non-hydrogen) atoms. The Morgan fingerprint density at radius 1 is 1.38 bits per heavy atom. The molecule has 1 N–H and O–H groups in total. The highest BCUT2D eigenvalue weighted by molar-refractivity contribution is 5.80. The van der Waals surface area contributed by atoms with Gasteiger partial charge in [0.25, 0.3) is 0 Å². The maximum atomic E-state index is 12.7. The number of hydrogen-bond acceptors (Lipinski definition) is 4. The molecule has 1 unspecified atom stereocenters. The minimum atomic E-state index is 0.0181. The molecule has 2 aromatic rings. The second-order valence-electron chi connectivity index (χ2n) is 6.72. The van der Waals surface area contributed by atoms with Crippen molar-refractivity contribution in [3.63, 3.8) is 0 Å². The number of carbonyl (C=O) groups excluding carboxylic acids is 1. The van der Waals surface area contributed by atoms with Crippen molar-refractivity contribution >= 4 is 16.8 Å². The van der Waals surface area contributed by atoms with Gasteiger partial charge in [-0.15, -0.1) is 0 Å². The van der Waals surface area contributed by atoms with Gasteiger partial charge in [-0.2, -0.15) is 0 Å². The summed E-state index contributed by atoms with van der Waals surface area (Å²) in [5, 5.41) is 0.673. The Bertz CT molecular complexity index is 830. The molecular weight excluding hydrogens is 332 g/mol. The molecule has 0 bridgehead atoms. The van der Waals surface area contributed by atoms with Crippen LogP contribution in [0.3, 0.4) is 0 Å². The third-order valence-electron chi connectivity index (χ3n) is 4.94. The third kappa shape index (κ3) is 4.14. The van der Waals surface area contributed by atoms with E-state index in [0.29, 0.717) is 50.1 Å². The van der Waals surface area contributed by atoms with Crippen molar-refractivity contribution in [2.45, 2.75) is 32.3 Å². The van der Waals surface area contributed by atoms with Crippen molar-refractivity contribution in [1.82, 2.24) is 9.88 Å². The third-order valence-corrected chi connectivity index (χ3v) is 4.94. The first-order valence-corrected chi connectivity index (χ1v) is 9.09. The van der Waals surface area contributed by atoms with Crippen LogP contribution in [-0.4, -0.2) is 55.3 Å². The normalized spacial score (nSPS) is 17.6. The quantitative estimate of drug-likeness (QED) is 0.858. The highest BCUT2D eigenvalue weighted by Gasteiger charge is 2.24. The summed E-state index contributed by atoms with van der Waals surface area (Å²) < 4.78 is 10.8. The zero-order valence-electron chi connectivity index (χ0n) is 15.4. The average Bonchev–Trinajstić information content (AvgIpc) is 2.66. The summed E-state index contributed by atoms with van der Waals surface area (Å²) in [6, 6.07) is 7.48. The van der Waals surface area contributed by atoms with Gasteiger partial charge < -0.3 is 19.4 Å². The van der Waals surface area contributed by atoms with Gasteiger partial charge in [0.15, 0.2) is 5.43 Å². The first kappa shape index (κ1) is 18.6. The lowest BCUT2D eigenvalue weighted by atomic mass is 10.0. The number of ether oxygens (including phenoxy) is 2. The van der Waals surface area contributed by atoms with Crippen molar-refractivity contribution in [2.75, 3.05) is 33.4 Å². The van der Waals surface area contributed by atoms with Crippen molar-refractivity contribution < 1.29 is 14.3 Å². The van der Waals surface area contributed by atoms with Crippen molar-refractivity contribution in [3.8, 4) is 0 Å². The monoisotopic (exact) mass is 358 g/mol. The van der Waals surface area contributed by atoms with Gasteiger partial charge in [-0.05, 0) is 31.9 Å². The van der Waals surface area contributed by atoms with Crippen LogP contribution in [0.2, 0.25) is 0 Å². The molecule has 140 valence electrons. The van der Waals surface area contributed by atoms with Crippen LogP contribution in [0.4, 0.5) is 0 Å². The average molecular weight is 358 g/mol. The van der Waals surface area contributed by atoms with E-state index in [2.05, 4.69) is 4.98 Å². The second kappa shape index (κ2) is 8.47. The Morgan fingerprint density at radius 2 is 2.19 bits per heavy atom. The standard InChI is InChI=1S/C20H26N2O4/c1-14-16(20(24)17-5-3-4-6-18(17)21-14)7-8-19(23)22-10-12-26-15(13-22)9-11-25-2/h3-6,15H,7-13H2,1-2H3,(H,21,24). The fraction of sp³-hybridized carbons (Fsp3) is 0.500. The lowest BCUT2D eigenvalue weighted by Crippen LogP contribution is -2.46. The zero-order chi connectivity index (χ0) is 18.5. The van der Waals surface area contributed by atoms with E-state index in [-0.39, 0.29) is 17.4 Å². The van der Waals surface area contributed by atoms with Crippen molar-refractivity contribution in [3.05, 3.63) is 45.7 Å². The van der Waals surface area contributed by atoms with Crippen LogP contribution < -0.4 is 5.43 Å². The van der Waals surface area contributed by atoms with E-state index in [0.717, 1.165) is 17.6 Å². The summed E-state index contributed by atoms with van der Waals surface area (Å²) in [6.45, 7) is 4.27. The zero-order valence-corrected chi connectivity index (χ0v) is 15.4. The topological polar surface area (TPSA) is 71.6 Å². The number of rotatable bonds is 6. The Labute approximate surface area is 153 Å². The van der Waals surface area contributed by atoms with Crippen LogP contribution in [0.1, 0.15) is 24.1 Å². The van der Waals surface area contributed by atoms with Gasteiger partial charge >= 0.3 is 0 Å². The predicted molar refractivity (Wildman–Crippen MR) is 100 cm³/mol. The summed E-state index contributed by atoms with van der Waals surface area (Å²) in [4.78, 5) is 30.4. The molecule has 1 aliphatic rings. The van der Waals surface area contributed by atoms with E-state index in [9.17, 15) is 9.59 Å². The van der Waals surface area contributed by atoms with Crippen LogP contribution >= 0.6 is 0 Å². The largest absolute Gasteiger partial charge is 0.385 e. The van der Waals surface area contributed by atoms with Gasteiger partial charge in [0.1, 0.15) is 0 Å². The number of aromatic amines is 1. The van der Waals surface area contributed by atoms with E-state index in [1.54, 1.807) is 7.11 Å². The fourth-order valence-electron chi connectivity index (χ4n) is 3.46. The van der Waals surface area contributed by atoms with Gasteiger partial charge in [0, 0.05) is 55.4 Å². The van der Waals surface area contributed by atoms with Crippen LogP contribution in [0.25, 0.3) is 10.9 Å². The van der Waals surface area contributed by atoms with Gasteiger partial charge in [-0.25, -0.2) is 0 Å². The summed E-state index contributed by atoms with van der Waals surface area (Å²) in [7, 11) is 1.66. The van der Waals surface area contributed by atoms with E-state index >= 15 is 0 Å². The van der Waals surface area contributed by atoms with Crippen LogP contribution in [-0.2, 0) is 20.7 Å². The molecule has 0 radical (unpaired) electrons. The molecule has 1 aromatic carbocycles. The van der Waals surface area contributed by atoms with Gasteiger partial charge in [-0.1, -0.05) is 12.1 Å². The molecule has 0 aliphatic carbocycles. The molecule has 0 saturated carbocycles. The minimum Gasteiger partial charge on any atom is -0.385 e. The number of methoxy groups -OCH3 is 1. The highest BCUT2D eigenvalue weighted by atomic mass is 16.5. The fourth-order valence-corrected chi connectivity index (χ4v) is 3.46. The number of benzene rings is 1. The Morgan fingerprint density at radius 3 is 3.00 bits per heavy atom. The molecule has 1 amide bonds. The number of para-hydroxylation sites is 1. The Kier molecular flexibility index (Phi) is 6.06. The first-order chi connectivity index (χ1) is 12.6. The number of aromatic nitrogens is 1. The molecule has 6 heteroatoms. The smallest absolute Gasteiger partial charge is 0.223 e. The Hall–Kier alpha value is -2.18. The molecule has 1 aliphatic heterocycles. The number of carbonyl (C=O) groups is 1. The molecule has 1 fully saturated rings. The summed E-state index contributed by atoms with van der Waals surface area (Å²) >= 11 is 0. The van der Waals surface area contributed by atoms with Crippen LogP contribution in [0.15, 0.2) is 29.1 Å². The number of hydrogen-bond donors (Lipinski definition) is 1. The van der Waals surface area contributed by atoms with Crippen molar-refractivity contribution in [1.29, 1.82) is 0 Å². The van der Waals surface area contributed by atoms with Gasteiger partial charge in [-0.3, -0.25) is 9.59 Å². The number of pyridine rings is 1. The molecule has 1 atom stereocenters. The SMILES string of the molecule is COCCC1CN(C(=O)CCc2c(C)[nH]c3ccccc3c2=O)CCO1. The van der Waals surface area contributed by atoms with Crippen LogP contribution in [0.5, 0.6) is 0 Å². The van der Waals surface area contributed by atoms with Crippen molar-refractivity contribution in [2.24, 2.45) is 0 Å². The highest BCUT2D eigenvalue weighted by Crippen LogP contribution is 2.14. The Balaban J connectivity index is 1.66. The number of nitrogens with zero attached hydrogens (tertiary/aromatic N) is 1. The molecule has 3 rings (SSSR count). The summed E-state index contributed by atoms with van der Waals surface area (Å²) in [6.07, 6.45) is 1.59. The molecular formula is C20H26N2O4. The molecule has 1 saturated heterocycles. The van der Waals surface area contributed by atoms with E-state index in [1.165, 1.54) is 0 Å². The number of aryl methyl sites for hydroxylation is 1. The lowest BCUT2D eigenvalue weighted by Gasteiger charge is -2.33. The molecule has 6 nitrogen and oxygen atoms in total. The van der Waals surface area contributed by atoms with Crippen LogP contribution in [0, 0.1) is 6.92 Å². The minimum absolute atomic E-state index is 0.0181. The van der Waals surface area contributed by atoms with Gasteiger partial charge in [0.05, 0.1) is 12.7 Å². The molecule has 2 heterocycles. The predicted octanol–water partition coefficient (Wildman–Crippen LogP) is 2.03. The second-order valence-corrected chi connectivity index (χ2v) is 6.72. The summed E-state index contributed by atoms with van der Waals surface area (Å²) in [5.74, 6) is 0.0719. The maximum Gasteiger partial charge on any atom is 0.223 e. The number of amides is 1. The molecule has 0 spiro atoms. The number of fused-ring (bicyclic) bond motifs is 1. The number of H-pyrrole nitrogens is 1. The lowest BCUT2D eigenvalue weighted by molar-refractivity contribution is -0.139. The van der Waals surface area contributed by atoms with Gasteiger partial charge in [0.2, 0.25) is 5.91 Å². The van der Waals surface area contributed by atoms with E-state index in [4.69, 9.17) is 9.47 Å². The number of morpholine rings is 1.